The monoisotopic (exact) mass is 226 g/mol. The van der Waals surface area contributed by atoms with Gasteiger partial charge in [0.05, 0.1) is 5.69 Å². The number of nitrogens with zero attached hydrogens (tertiary/aromatic N) is 1. The molecule has 2 rings (SSSR count). The highest BCUT2D eigenvalue weighted by molar-refractivity contribution is 5.48. The van der Waals surface area contributed by atoms with Crippen molar-refractivity contribution < 1.29 is 4.74 Å². The molecule has 0 atom stereocenters. The fraction of sp³-hybridized carbons (Fsp3) is 0.0714. The van der Waals surface area contributed by atoms with Gasteiger partial charge in [0.1, 0.15) is 11.5 Å². The van der Waals surface area contributed by atoms with Crippen molar-refractivity contribution >= 4 is 12.4 Å². The van der Waals surface area contributed by atoms with E-state index in [9.17, 15) is 0 Å². The third-order valence-electron chi connectivity index (χ3n) is 2.32. The molecule has 86 valence electrons. The van der Waals surface area contributed by atoms with Gasteiger partial charge in [-0.1, -0.05) is 17.7 Å². The predicted molar refractivity (Wildman–Crippen MR) is 70.9 cm³/mol. The molecule has 0 aliphatic rings. The van der Waals surface area contributed by atoms with E-state index in [2.05, 4.69) is 17.2 Å². The van der Waals surface area contributed by atoms with E-state index in [1.165, 1.54) is 5.56 Å². The molecule has 3 heteroatoms. The molecule has 0 fully saturated rings. The zero-order valence-electron chi connectivity index (χ0n) is 9.68. The van der Waals surface area contributed by atoms with Gasteiger partial charge in [-0.05, 0) is 43.3 Å². The van der Waals surface area contributed by atoms with E-state index in [1.807, 2.05) is 55.5 Å². The first kappa shape index (κ1) is 11.2. The molecule has 0 aliphatic carbocycles. The molecule has 0 aliphatic heterocycles. The quantitative estimate of drug-likeness (QED) is 0.635. The molecule has 0 radical (unpaired) electrons. The lowest BCUT2D eigenvalue weighted by atomic mass is 10.2. The maximum Gasteiger partial charge on any atom is 0.127 e. The number of hydrogen-bond acceptors (Lipinski definition) is 3. The van der Waals surface area contributed by atoms with Crippen molar-refractivity contribution in [1.82, 2.24) is 0 Å². The lowest BCUT2D eigenvalue weighted by Gasteiger charge is -2.06. The first-order valence-electron chi connectivity index (χ1n) is 5.34. The van der Waals surface area contributed by atoms with Gasteiger partial charge >= 0.3 is 0 Å². The molecular weight excluding hydrogens is 212 g/mol. The molecule has 17 heavy (non-hydrogen) atoms. The summed E-state index contributed by atoms with van der Waals surface area (Å²) >= 11 is 0. The van der Waals surface area contributed by atoms with Gasteiger partial charge in [0.2, 0.25) is 0 Å². The molecule has 0 heterocycles. The smallest absolute Gasteiger partial charge is 0.127 e. The van der Waals surface area contributed by atoms with Gasteiger partial charge in [0.15, 0.2) is 0 Å². The summed E-state index contributed by atoms with van der Waals surface area (Å²) in [5.41, 5.74) is 4.87. The second-order valence-corrected chi connectivity index (χ2v) is 3.71. The molecule has 0 aromatic heterocycles. The number of aryl methyl sites for hydroxylation is 1. The van der Waals surface area contributed by atoms with Crippen LogP contribution in [0.1, 0.15) is 5.56 Å². The van der Waals surface area contributed by atoms with E-state index in [1.54, 1.807) is 0 Å². The highest BCUT2D eigenvalue weighted by Gasteiger charge is 1.97. The van der Waals surface area contributed by atoms with Crippen molar-refractivity contribution in [1.29, 1.82) is 0 Å². The van der Waals surface area contributed by atoms with Crippen LogP contribution in [0.15, 0.2) is 53.6 Å². The van der Waals surface area contributed by atoms with E-state index in [-0.39, 0.29) is 0 Å². The second kappa shape index (κ2) is 5.16. The molecule has 0 amide bonds. The van der Waals surface area contributed by atoms with Crippen LogP contribution < -0.4 is 10.2 Å². The van der Waals surface area contributed by atoms with Crippen LogP contribution in [0, 0.1) is 6.92 Å². The first-order chi connectivity index (χ1) is 8.28. The SMILES string of the molecule is C=NNc1ccc(Oc2ccc(C)cc2)cc1. The average molecular weight is 226 g/mol. The van der Waals surface area contributed by atoms with Gasteiger partial charge in [0.25, 0.3) is 0 Å². The van der Waals surface area contributed by atoms with E-state index < -0.39 is 0 Å². The minimum absolute atomic E-state index is 0.795. The van der Waals surface area contributed by atoms with E-state index >= 15 is 0 Å². The molecule has 0 unspecified atom stereocenters. The minimum atomic E-state index is 0.795. The van der Waals surface area contributed by atoms with Crippen molar-refractivity contribution in [2.24, 2.45) is 5.10 Å². The Morgan fingerprint density at radius 2 is 1.47 bits per heavy atom. The van der Waals surface area contributed by atoms with Gasteiger partial charge in [-0.2, -0.15) is 5.10 Å². The zero-order valence-corrected chi connectivity index (χ0v) is 9.68. The highest BCUT2D eigenvalue weighted by Crippen LogP contribution is 2.23. The number of nitrogens with one attached hydrogen (secondary N) is 1. The number of benzene rings is 2. The fourth-order valence-corrected chi connectivity index (χ4v) is 1.43. The fourth-order valence-electron chi connectivity index (χ4n) is 1.43. The Bertz CT molecular complexity index is 489. The standard InChI is InChI=1S/C14H14N2O/c1-11-3-7-13(8-4-11)17-14-9-5-12(6-10-14)16-15-2/h3-10,16H,2H2,1H3. The number of anilines is 1. The summed E-state index contributed by atoms with van der Waals surface area (Å²) in [4.78, 5) is 0. The topological polar surface area (TPSA) is 33.6 Å². The lowest BCUT2D eigenvalue weighted by Crippen LogP contribution is -1.87. The molecule has 0 bridgehead atoms. The van der Waals surface area contributed by atoms with Gasteiger partial charge in [-0.3, -0.25) is 5.43 Å². The van der Waals surface area contributed by atoms with E-state index in [0.29, 0.717) is 0 Å². The number of rotatable bonds is 4. The Kier molecular flexibility index (Phi) is 3.40. The molecule has 0 saturated heterocycles. The average Bonchev–Trinajstić information content (AvgIpc) is 2.35. The maximum atomic E-state index is 5.69. The Hall–Kier alpha value is -2.29. The second-order valence-electron chi connectivity index (χ2n) is 3.71. The third-order valence-corrected chi connectivity index (χ3v) is 2.32. The van der Waals surface area contributed by atoms with Gasteiger partial charge < -0.3 is 4.74 Å². The van der Waals surface area contributed by atoms with Crippen LogP contribution in [0.4, 0.5) is 5.69 Å². The summed E-state index contributed by atoms with van der Waals surface area (Å²) in [7, 11) is 0. The van der Waals surface area contributed by atoms with Crippen LogP contribution >= 0.6 is 0 Å². The molecule has 0 saturated carbocycles. The Labute approximate surface area is 101 Å². The first-order valence-corrected chi connectivity index (χ1v) is 5.34. The molecule has 3 nitrogen and oxygen atoms in total. The predicted octanol–water partition coefficient (Wildman–Crippen LogP) is 3.81. The number of hydrazone groups is 1. The summed E-state index contributed by atoms with van der Waals surface area (Å²) in [6.45, 7) is 5.41. The number of ether oxygens (including phenoxy) is 1. The summed E-state index contributed by atoms with van der Waals surface area (Å²) in [6.07, 6.45) is 0. The maximum absolute atomic E-state index is 5.69. The normalized spacial score (nSPS) is 9.71. The van der Waals surface area contributed by atoms with Crippen molar-refractivity contribution in [3.05, 3.63) is 54.1 Å². The Morgan fingerprint density at radius 3 is 2.00 bits per heavy atom. The van der Waals surface area contributed by atoms with Crippen LogP contribution in [-0.4, -0.2) is 6.72 Å². The molecule has 0 spiro atoms. The summed E-state index contributed by atoms with van der Waals surface area (Å²) in [6, 6.07) is 15.5. The minimum Gasteiger partial charge on any atom is -0.457 e. The van der Waals surface area contributed by atoms with Gasteiger partial charge in [0, 0.05) is 6.72 Å². The largest absolute Gasteiger partial charge is 0.457 e. The zero-order chi connectivity index (χ0) is 12.1. The van der Waals surface area contributed by atoms with E-state index in [4.69, 9.17) is 4.74 Å². The van der Waals surface area contributed by atoms with Crippen molar-refractivity contribution in [2.75, 3.05) is 5.43 Å². The lowest BCUT2D eigenvalue weighted by molar-refractivity contribution is 0.482. The van der Waals surface area contributed by atoms with Crippen molar-refractivity contribution in [3.8, 4) is 11.5 Å². The molecular formula is C14H14N2O. The van der Waals surface area contributed by atoms with Crippen LogP contribution in [0.2, 0.25) is 0 Å². The van der Waals surface area contributed by atoms with Crippen LogP contribution in [0.25, 0.3) is 0 Å². The van der Waals surface area contributed by atoms with Gasteiger partial charge in [-0.15, -0.1) is 0 Å². The van der Waals surface area contributed by atoms with Crippen LogP contribution in [-0.2, 0) is 0 Å². The molecule has 2 aromatic rings. The molecule has 2 aromatic carbocycles. The van der Waals surface area contributed by atoms with Crippen molar-refractivity contribution in [3.63, 3.8) is 0 Å². The number of hydrogen-bond donors (Lipinski definition) is 1. The summed E-state index contributed by atoms with van der Waals surface area (Å²) in [5.74, 6) is 1.63. The van der Waals surface area contributed by atoms with Crippen LogP contribution in [0.3, 0.4) is 0 Å². The molecule has 1 N–H and O–H groups in total. The van der Waals surface area contributed by atoms with Crippen molar-refractivity contribution in [2.45, 2.75) is 6.92 Å². The Morgan fingerprint density at radius 1 is 0.941 bits per heavy atom. The third kappa shape index (κ3) is 3.08. The Balaban J connectivity index is 2.08. The van der Waals surface area contributed by atoms with E-state index in [0.717, 1.165) is 17.2 Å². The summed E-state index contributed by atoms with van der Waals surface area (Å²) < 4.78 is 5.69. The van der Waals surface area contributed by atoms with Gasteiger partial charge in [-0.25, -0.2) is 0 Å². The summed E-state index contributed by atoms with van der Waals surface area (Å²) in [5, 5.41) is 3.59. The van der Waals surface area contributed by atoms with Crippen LogP contribution in [0.5, 0.6) is 11.5 Å². The highest BCUT2D eigenvalue weighted by atomic mass is 16.5.